The molecular weight excluding hydrogens is 251 g/mol. The molecule has 0 unspecified atom stereocenters. The quantitative estimate of drug-likeness (QED) is 0.844. The smallest absolute Gasteiger partial charge is 0.224 e. The van der Waals surface area contributed by atoms with Gasteiger partial charge in [-0.1, -0.05) is 0 Å². The van der Waals surface area contributed by atoms with Crippen LogP contribution in [0.3, 0.4) is 0 Å². The average molecular weight is 266 g/mol. The summed E-state index contributed by atoms with van der Waals surface area (Å²) in [5.74, 6) is 0.259. The molecule has 0 fully saturated rings. The van der Waals surface area contributed by atoms with Gasteiger partial charge in [-0.15, -0.1) is 0 Å². The van der Waals surface area contributed by atoms with E-state index in [9.17, 15) is 4.39 Å². The molecule has 6 heteroatoms. The Morgan fingerprint density at radius 1 is 1.39 bits per heavy atom. The Hall–Kier alpha value is -1.69. The molecule has 4 nitrogen and oxygen atoms in total. The third-order valence-corrected chi connectivity index (χ3v) is 3.10. The van der Waals surface area contributed by atoms with Crippen molar-refractivity contribution >= 4 is 23.1 Å². The van der Waals surface area contributed by atoms with Crippen molar-refractivity contribution in [2.75, 3.05) is 23.7 Å². The molecule has 2 heterocycles. The fourth-order valence-corrected chi connectivity index (χ4v) is 2.20. The highest BCUT2D eigenvalue weighted by molar-refractivity contribution is 7.07. The predicted octanol–water partition coefficient (Wildman–Crippen LogP) is 2.76. The second-order valence-electron chi connectivity index (χ2n) is 3.73. The van der Waals surface area contributed by atoms with Crippen LogP contribution in [-0.2, 0) is 6.42 Å². The number of anilines is 2. The van der Waals surface area contributed by atoms with E-state index < -0.39 is 5.82 Å². The van der Waals surface area contributed by atoms with Crippen LogP contribution in [0, 0.1) is 5.82 Å². The van der Waals surface area contributed by atoms with Gasteiger partial charge in [0, 0.05) is 13.1 Å². The van der Waals surface area contributed by atoms with Gasteiger partial charge in [0.05, 0.1) is 6.20 Å². The van der Waals surface area contributed by atoms with Crippen LogP contribution >= 0.6 is 11.3 Å². The van der Waals surface area contributed by atoms with Crippen molar-refractivity contribution < 1.29 is 4.39 Å². The lowest BCUT2D eigenvalue weighted by atomic mass is 10.2. The number of halogens is 1. The molecule has 0 aliphatic rings. The maximum Gasteiger partial charge on any atom is 0.224 e. The summed E-state index contributed by atoms with van der Waals surface area (Å²) in [4.78, 5) is 7.93. The highest BCUT2D eigenvalue weighted by Crippen LogP contribution is 2.12. The fourth-order valence-electron chi connectivity index (χ4n) is 1.49. The van der Waals surface area contributed by atoms with Gasteiger partial charge in [-0.25, -0.2) is 9.37 Å². The minimum Gasteiger partial charge on any atom is -0.367 e. The third-order valence-electron chi connectivity index (χ3n) is 2.37. The van der Waals surface area contributed by atoms with Crippen LogP contribution in [0.4, 0.5) is 16.2 Å². The van der Waals surface area contributed by atoms with Gasteiger partial charge in [-0.05, 0) is 35.7 Å². The second-order valence-corrected chi connectivity index (χ2v) is 4.51. The van der Waals surface area contributed by atoms with E-state index in [2.05, 4.69) is 32.0 Å². The predicted molar refractivity (Wildman–Crippen MR) is 72.7 cm³/mol. The summed E-state index contributed by atoms with van der Waals surface area (Å²) in [6, 6.07) is 2.06. The number of nitrogens with one attached hydrogen (secondary N) is 2. The van der Waals surface area contributed by atoms with E-state index >= 15 is 0 Å². The normalized spacial score (nSPS) is 10.3. The topological polar surface area (TPSA) is 49.8 Å². The third kappa shape index (κ3) is 3.40. The molecule has 0 aromatic carbocycles. The molecule has 2 aromatic heterocycles. The summed E-state index contributed by atoms with van der Waals surface area (Å²) in [6.45, 7) is 3.30. The first-order valence-electron chi connectivity index (χ1n) is 5.81. The van der Waals surface area contributed by atoms with Gasteiger partial charge in [-0.2, -0.15) is 16.3 Å². The monoisotopic (exact) mass is 266 g/mol. The highest BCUT2D eigenvalue weighted by Gasteiger charge is 2.05. The number of aromatic nitrogens is 2. The Balaban J connectivity index is 1.93. The Labute approximate surface area is 109 Å². The molecule has 0 atom stereocenters. The first-order valence-corrected chi connectivity index (χ1v) is 6.75. The number of hydrogen-bond donors (Lipinski definition) is 2. The molecule has 2 rings (SSSR count). The van der Waals surface area contributed by atoms with Gasteiger partial charge < -0.3 is 10.6 Å². The first-order chi connectivity index (χ1) is 8.79. The van der Waals surface area contributed by atoms with Gasteiger partial charge in [0.15, 0.2) is 11.6 Å². The van der Waals surface area contributed by atoms with Crippen LogP contribution in [0.2, 0.25) is 0 Å². The summed E-state index contributed by atoms with van der Waals surface area (Å²) in [7, 11) is 0. The van der Waals surface area contributed by atoms with E-state index in [-0.39, 0.29) is 5.82 Å². The van der Waals surface area contributed by atoms with Crippen LogP contribution in [0.15, 0.2) is 23.0 Å². The summed E-state index contributed by atoms with van der Waals surface area (Å²) >= 11 is 1.66. The molecule has 2 aromatic rings. The van der Waals surface area contributed by atoms with Gasteiger partial charge in [-0.3, -0.25) is 0 Å². The molecule has 18 heavy (non-hydrogen) atoms. The number of nitrogens with zero attached hydrogens (tertiary/aromatic N) is 2. The highest BCUT2D eigenvalue weighted by atomic mass is 32.1. The Morgan fingerprint density at radius 2 is 2.28 bits per heavy atom. The fraction of sp³-hybridized carbons (Fsp3) is 0.333. The molecule has 96 valence electrons. The van der Waals surface area contributed by atoms with Crippen LogP contribution in [0.5, 0.6) is 0 Å². The molecule has 0 radical (unpaired) electrons. The van der Waals surface area contributed by atoms with Crippen molar-refractivity contribution in [3.05, 3.63) is 34.4 Å². The van der Waals surface area contributed by atoms with Crippen LogP contribution in [-0.4, -0.2) is 23.1 Å². The molecule has 0 amide bonds. The summed E-state index contributed by atoms with van der Waals surface area (Å²) in [5.41, 5.74) is 1.24. The maximum atomic E-state index is 13.5. The van der Waals surface area contributed by atoms with E-state index in [1.165, 1.54) is 11.8 Å². The lowest BCUT2D eigenvalue weighted by molar-refractivity contribution is 0.617. The van der Waals surface area contributed by atoms with E-state index in [0.29, 0.717) is 19.0 Å². The molecule has 0 spiro atoms. The van der Waals surface area contributed by atoms with E-state index in [0.717, 1.165) is 6.42 Å². The zero-order valence-electron chi connectivity index (χ0n) is 10.1. The zero-order valence-corrected chi connectivity index (χ0v) is 10.9. The summed E-state index contributed by atoms with van der Waals surface area (Å²) in [5, 5.41) is 10.1. The van der Waals surface area contributed by atoms with Crippen molar-refractivity contribution in [2.45, 2.75) is 13.3 Å². The molecule has 0 bridgehead atoms. The van der Waals surface area contributed by atoms with Gasteiger partial charge >= 0.3 is 0 Å². The van der Waals surface area contributed by atoms with Crippen molar-refractivity contribution in [2.24, 2.45) is 0 Å². The molecule has 0 aliphatic heterocycles. The SMILES string of the molecule is CCNc1ncc(F)c(NCCc2ccsc2)n1. The molecule has 2 N–H and O–H groups in total. The number of thiophene rings is 1. The number of hydrogen-bond acceptors (Lipinski definition) is 5. The molecule has 0 aliphatic carbocycles. The zero-order chi connectivity index (χ0) is 12.8. The maximum absolute atomic E-state index is 13.5. The lowest BCUT2D eigenvalue weighted by Gasteiger charge is -2.08. The summed E-state index contributed by atoms with van der Waals surface area (Å²) < 4.78 is 13.5. The number of rotatable bonds is 6. The van der Waals surface area contributed by atoms with E-state index in [4.69, 9.17) is 0 Å². The lowest BCUT2D eigenvalue weighted by Crippen LogP contribution is -2.10. The van der Waals surface area contributed by atoms with E-state index in [1.807, 2.05) is 12.3 Å². The standard InChI is InChI=1S/C12H15FN4S/c1-2-14-12-16-7-10(13)11(17-12)15-5-3-9-4-6-18-8-9/h4,6-8H,2-3,5H2,1H3,(H2,14,15,16,17). The van der Waals surface area contributed by atoms with E-state index in [1.54, 1.807) is 11.3 Å². The second kappa shape index (κ2) is 6.30. The van der Waals surface area contributed by atoms with Crippen LogP contribution in [0.25, 0.3) is 0 Å². The minimum absolute atomic E-state index is 0.246. The van der Waals surface area contributed by atoms with Crippen molar-refractivity contribution in [3.63, 3.8) is 0 Å². The summed E-state index contributed by atoms with van der Waals surface area (Å²) in [6.07, 6.45) is 2.03. The molecule has 0 saturated carbocycles. The van der Waals surface area contributed by atoms with Gasteiger partial charge in [0.2, 0.25) is 5.95 Å². The van der Waals surface area contributed by atoms with Crippen molar-refractivity contribution in [1.29, 1.82) is 0 Å². The van der Waals surface area contributed by atoms with Gasteiger partial charge in [0.1, 0.15) is 0 Å². The van der Waals surface area contributed by atoms with Crippen molar-refractivity contribution in [1.82, 2.24) is 9.97 Å². The van der Waals surface area contributed by atoms with Crippen LogP contribution < -0.4 is 10.6 Å². The average Bonchev–Trinajstić information content (AvgIpc) is 2.86. The Morgan fingerprint density at radius 3 is 3.00 bits per heavy atom. The van der Waals surface area contributed by atoms with Crippen molar-refractivity contribution in [3.8, 4) is 0 Å². The molecule has 0 saturated heterocycles. The Kier molecular flexibility index (Phi) is 4.46. The van der Waals surface area contributed by atoms with Crippen LogP contribution in [0.1, 0.15) is 12.5 Å². The Bertz CT molecular complexity index is 487. The minimum atomic E-state index is -0.429. The largest absolute Gasteiger partial charge is 0.367 e. The van der Waals surface area contributed by atoms with Gasteiger partial charge in [0.25, 0.3) is 0 Å². The first kappa shape index (κ1) is 12.8. The molecular formula is C12H15FN4S.